The van der Waals surface area contributed by atoms with E-state index in [0.717, 1.165) is 5.01 Å². The van der Waals surface area contributed by atoms with E-state index in [4.69, 9.17) is 4.74 Å². The topological polar surface area (TPSA) is 59.5 Å². The summed E-state index contributed by atoms with van der Waals surface area (Å²) in [7, 11) is 3.80. The molecule has 0 bridgehead atoms. The van der Waals surface area contributed by atoms with Gasteiger partial charge in [-0.15, -0.1) is 11.3 Å². The summed E-state index contributed by atoms with van der Waals surface area (Å²) in [6, 6.07) is 0. The number of carbonyl (C=O) groups is 2. The molecule has 1 aromatic rings. The molecule has 0 unspecified atom stereocenters. The Morgan fingerprint density at radius 3 is 2.53 bits per heavy atom. The van der Waals surface area contributed by atoms with Crippen molar-refractivity contribution in [3.63, 3.8) is 0 Å². The largest absolute Gasteiger partial charge is 0.461 e. The predicted molar refractivity (Wildman–Crippen MR) is 65.5 cm³/mol. The number of aromatic nitrogens is 1. The summed E-state index contributed by atoms with van der Waals surface area (Å²) in [5.74, 6) is -0.686. The molecule has 0 aromatic carbocycles. The lowest BCUT2D eigenvalue weighted by molar-refractivity contribution is 0.0517. The van der Waals surface area contributed by atoms with Crippen LogP contribution in [0.4, 0.5) is 0 Å². The maximum Gasteiger partial charge on any atom is 0.358 e. The van der Waals surface area contributed by atoms with Gasteiger partial charge >= 0.3 is 5.97 Å². The fourth-order valence-corrected chi connectivity index (χ4v) is 2.34. The Kier molecular flexibility index (Phi) is 4.77. The molecule has 0 aliphatic heterocycles. The van der Waals surface area contributed by atoms with Crippen LogP contribution in [0.1, 0.15) is 39.0 Å². The second kappa shape index (κ2) is 5.88. The van der Waals surface area contributed by atoms with Gasteiger partial charge in [0.2, 0.25) is 0 Å². The van der Waals surface area contributed by atoms with Crippen LogP contribution in [-0.2, 0) is 11.3 Å². The molecule has 0 amide bonds. The quantitative estimate of drug-likeness (QED) is 0.591. The van der Waals surface area contributed by atoms with Gasteiger partial charge in [-0.3, -0.25) is 4.79 Å². The monoisotopic (exact) mass is 256 g/mol. The average Bonchev–Trinajstić information content (AvgIpc) is 2.61. The van der Waals surface area contributed by atoms with Crippen LogP contribution in [0.3, 0.4) is 0 Å². The van der Waals surface area contributed by atoms with Crippen LogP contribution in [0, 0.1) is 0 Å². The molecule has 0 saturated heterocycles. The number of hydrogen-bond donors (Lipinski definition) is 0. The molecule has 0 saturated carbocycles. The summed E-state index contributed by atoms with van der Waals surface area (Å²) in [5.41, 5.74) is 0.140. The summed E-state index contributed by atoms with van der Waals surface area (Å²) < 4.78 is 4.88. The highest BCUT2D eigenvalue weighted by molar-refractivity contribution is 7.14. The third kappa shape index (κ3) is 3.61. The molecule has 1 rings (SSSR count). The number of ether oxygens (including phenoxy) is 1. The molecule has 0 fully saturated rings. The minimum Gasteiger partial charge on any atom is -0.461 e. The van der Waals surface area contributed by atoms with Crippen LogP contribution < -0.4 is 0 Å². The first-order chi connectivity index (χ1) is 7.95. The molecule has 6 heteroatoms. The van der Waals surface area contributed by atoms with Crippen LogP contribution in [0.25, 0.3) is 0 Å². The van der Waals surface area contributed by atoms with E-state index >= 15 is 0 Å². The Balaban J connectivity index is 3.05. The molecule has 0 radical (unpaired) electrons. The van der Waals surface area contributed by atoms with E-state index in [1.807, 2.05) is 19.0 Å². The van der Waals surface area contributed by atoms with E-state index in [0.29, 0.717) is 11.4 Å². The van der Waals surface area contributed by atoms with E-state index < -0.39 is 5.97 Å². The summed E-state index contributed by atoms with van der Waals surface area (Å²) in [5, 5.41) is 0.739. The van der Waals surface area contributed by atoms with Crippen molar-refractivity contribution in [3.8, 4) is 0 Å². The molecule has 0 spiro atoms. The number of thiazole rings is 1. The SMILES string of the molecule is CCOC(=O)c1nc(CN(C)C)sc1C(C)=O. The lowest BCUT2D eigenvalue weighted by atomic mass is 10.3. The van der Waals surface area contributed by atoms with Gasteiger partial charge in [-0.05, 0) is 21.0 Å². The highest BCUT2D eigenvalue weighted by Crippen LogP contribution is 2.21. The molecular formula is C11H16N2O3S. The number of hydrogen-bond acceptors (Lipinski definition) is 6. The van der Waals surface area contributed by atoms with Crippen molar-refractivity contribution in [2.24, 2.45) is 0 Å². The second-order valence-corrected chi connectivity index (χ2v) is 4.88. The minimum atomic E-state index is -0.529. The standard InChI is InChI=1S/C11H16N2O3S/c1-5-16-11(15)9-10(7(2)14)17-8(12-9)6-13(3)4/h5-6H2,1-4H3. The van der Waals surface area contributed by atoms with Gasteiger partial charge in [-0.1, -0.05) is 0 Å². The van der Waals surface area contributed by atoms with Crippen molar-refractivity contribution in [1.82, 2.24) is 9.88 Å². The number of carbonyl (C=O) groups excluding carboxylic acids is 2. The molecule has 0 atom stereocenters. The molecule has 94 valence electrons. The third-order valence-corrected chi connectivity index (χ3v) is 3.05. The minimum absolute atomic E-state index is 0.140. The molecule has 0 aliphatic carbocycles. The first-order valence-electron chi connectivity index (χ1n) is 5.28. The van der Waals surface area contributed by atoms with Gasteiger partial charge < -0.3 is 9.64 Å². The van der Waals surface area contributed by atoms with E-state index in [2.05, 4.69) is 4.98 Å². The van der Waals surface area contributed by atoms with Crippen molar-refractivity contribution in [2.45, 2.75) is 20.4 Å². The van der Waals surface area contributed by atoms with Crippen molar-refractivity contribution in [3.05, 3.63) is 15.6 Å². The zero-order valence-electron chi connectivity index (χ0n) is 10.4. The fraction of sp³-hybridized carbons (Fsp3) is 0.545. The van der Waals surface area contributed by atoms with E-state index in [-0.39, 0.29) is 18.1 Å². The predicted octanol–water partition coefficient (Wildman–Crippen LogP) is 1.58. The van der Waals surface area contributed by atoms with Crippen LogP contribution >= 0.6 is 11.3 Å². The normalized spacial score (nSPS) is 10.6. The van der Waals surface area contributed by atoms with Gasteiger partial charge in [0, 0.05) is 13.5 Å². The van der Waals surface area contributed by atoms with Crippen molar-refractivity contribution in [1.29, 1.82) is 0 Å². The molecule has 5 nitrogen and oxygen atoms in total. The van der Waals surface area contributed by atoms with Gasteiger partial charge in [0.1, 0.15) is 9.88 Å². The number of nitrogens with zero attached hydrogens (tertiary/aromatic N) is 2. The third-order valence-electron chi connectivity index (χ3n) is 1.91. The van der Waals surface area contributed by atoms with E-state index in [9.17, 15) is 9.59 Å². The Hall–Kier alpha value is -1.27. The number of rotatable bonds is 5. The van der Waals surface area contributed by atoms with Gasteiger partial charge in [-0.2, -0.15) is 0 Å². The molecule has 0 aliphatic rings. The van der Waals surface area contributed by atoms with Crippen LogP contribution in [0.5, 0.6) is 0 Å². The number of ketones is 1. The first-order valence-corrected chi connectivity index (χ1v) is 6.09. The van der Waals surface area contributed by atoms with Gasteiger partial charge in [0.05, 0.1) is 6.61 Å². The first kappa shape index (κ1) is 13.8. The van der Waals surface area contributed by atoms with Crippen LogP contribution in [0.15, 0.2) is 0 Å². The summed E-state index contributed by atoms with van der Waals surface area (Å²) >= 11 is 1.25. The molecule has 17 heavy (non-hydrogen) atoms. The van der Waals surface area contributed by atoms with Crippen molar-refractivity contribution in [2.75, 3.05) is 20.7 Å². The number of esters is 1. The fourth-order valence-electron chi connectivity index (χ4n) is 1.28. The van der Waals surface area contributed by atoms with Gasteiger partial charge in [-0.25, -0.2) is 9.78 Å². The molecule has 1 heterocycles. The highest BCUT2D eigenvalue weighted by atomic mass is 32.1. The number of Topliss-reactive ketones (excluding diaryl/α,β-unsaturated/α-hetero) is 1. The van der Waals surface area contributed by atoms with Crippen molar-refractivity contribution >= 4 is 23.1 Å². The molecule has 0 N–H and O–H groups in total. The Bertz CT molecular complexity index is 426. The Morgan fingerprint density at radius 1 is 1.41 bits per heavy atom. The highest BCUT2D eigenvalue weighted by Gasteiger charge is 2.22. The molecular weight excluding hydrogens is 240 g/mol. The summed E-state index contributed by atoms with van der Waals surface area (Å²) in [6.07, 6.45) is 0. The second-order valence-electron chi connectivity index (χ2n) is 3.80. The van der Waals surface area contributed by atoms with Crippen LogP contribution in [-0.4, -0.2) is 42.3 Å². The Labute approximate surface area is 104 Å². The van der Waals surface area contributed by atoms with Crippen LogP contribution in [0.2, 0.25) is 0 Å². The summed E-state index contributed by atoms with van der Waals surface area (Å²) in [4.78, 5) is 29.5. The van der Waals surface area contributed by atoms with Gasteiger partial charge in [0.15, 0.2) is 11.5 Å². The zero-order valence-corrected chi connectivity index (χ0v) is 11.3. The van der Waals surface area contributed by atoms with E-state index in [1.165, 1.54) is 18.3 Å². The maximum absolute atomic E-state index is 11.6. The maximum atomic E-state index is 11.6. The molecule has 1 aromatic heterocycles. The lowest BCUT2D eigenvalue weighted by Gasteiger charge is -2.04. The lowest BCUT2D eigenvalue weighted by Crippen LogP contribution is -2.12. The zero-order chi connectivity index (χ0) is 13.0. The van der Waals surface area contributed by atoms with E-state index in [1.54, 1.807) is 6.92 Å². The van der Waals surface area contributed by atoms with Crippen molar-refractivity contribution < 1.29 is 14.3 Å². The smallest absolute Gasteiger partial charge is 0.358 e. The summed E-state index contributed by atoms with van der Waals surface area (Å²) in [6.45, 7) is 4.02. The average molecular weight is 256 g/mol. The Morgan fingerprint density at radius 2 is 2.06 bits per heavy atom. The van der Waals surface area contributed by atoms with Gasteiger partial charge in [0.25, 0.3) is 0 Å².